The minimum atomic E-state index is -0.253. The van der Waals surface area contributed by atoms with Gasteiger partial charge in [0.15, 0.2) is 0 Å². The molecule has 1 saturated heterocycles. The van der Waals surface area contributed by atoms with E-state index in [0.29, 0.717) is 12.1 Å². The number of nitrogens with one attached hydrogen (secondary N) is 1. The third-order valence-electron chi connectivity index (χ3n) is 5.20. The zero-order valence-electron chi connectivity index (χ0n) is 13.7. The molecule has 1 aromatic carbocycles. The highest BCUT2D eigenvalue weighted by atomic mass is 19.1. The third-order valence-corrected chi connectivity index (χ3v) is 5.20. The average molecular weight is 330 g/mol. The number of hydrogen-bond acceptors (Lipinski definition) is 5. The molecule has 4 rings (SSSR count). The van der Waals surface area contributed by atoms with Gasteiger partial charge in [-0.25, -0.2) is 14.4 Å². The van der Waals surface area contributed by atoms with E-state index in [9.17, 15) is 4.39 Å². The molecule has 1 aliphatic carbocycles. The molecule has 2 heterocycles. The van der Waals surface area contributed by atoms with Gasteiger partial charge in [-0.1, -0.05) is 0 Å². The molecule has 0 radical (unpaired) electrons. The molecule has 0 atom stereocenters. The number of rotatable bonds is 3. The Hall–Kier alpha value is -1.79. The second-order valence-electron chi connectivity index (χ2n) is 6.68. The number of hydrogen-bond donors (Lipinski definition) is 1. The molecule has 1 aromatic heterocycles. The van der Waals surface area contributed by atoms with Crippen LogP contribution in [0.15, 0.2) is 24.5 Å². The molecule has 0 spiro atoms. The predicted octanol–water partition coefficient (Wildman–Crippen LogP) is 2.82. The summed E-state index contributed by atoms with van der Waals surface area (Å²) in [4.78, 5) is 11.1. The molecular weight excluding hydrogens is 307 g/mol. The molecule has 24 heavy (non-hydrogen) atoms. The molecule has 1 saturated carbocycles. The summed E-state index contributed by atoms with van der Waals surface area (Å²) in [6.07, 6.45) is 6.15. The Morgan fingerprint density at radius 1 is 1.08 bits per heavy atom. The number of benzene rings is 1. The van der Waals surface area contributed by atoms with Gasteiger partial charge in [-0.2, -0.15) is 0 Å². The largest absolute Gasteiger partial charge is 0.379 e. The van der Waals surface area contributed by atoms with Gasteiger partial charge in [0.2, 0.25) is 0 Å². The van der Waals surface area contributed by atoms with E-state index >= 15 is 0 Å². The van der Waals surface area contributed by atoms with E-state index in [-0.39, 0.29) is 5.82 Å². The Bertz CT molecular complexity index is 696. The number of ether oxygens (including phenoxy) is 1. The minimum Gasteiger partial charge on any atom is -0.379 e. The Morgan fingerprint density at radius 3 is 2.67 bits per heavy atom. The summed E-state index contributed by atoms with van der Waals surface area (Å²) in [5.41, 5.74) is 0.774. The smallest absolute Gasteiger partial charge is 0.137 e. The summed E-state index contributed by atoms with van der Waals surface area (Å²) >= 11 is 0. The van der Waals surface area contributed by atoms with Gasteiger partial charge >= 0.3 is 0 Å². The molecule has 6 heteroatoms. The van der Waals surface area contributed by atoms with Crippen LogP contribution in [0, 0.1) is 5.82 Å². The highest BCUT2D eigenvalue weighted by Gasteiger charge is 2.27. The van der Waals surface area contributed by atoms with Crippen molar-refractivity contribution in [2.75, 3.05) is 31.6 Å². The van der Waals surface area contributed by atoms with Crippen LogP contribution >= 0.6 is 0 Å². The maximum Gasteiger partial charge on any atom is 0.137 e. The molecule has 1 aliphatic heterocycles. The van der Waals surface area contributed by atoms with Crippen molar-refractivity contribution in [3.8, 4) is 0 Å². The van der Waals surface area contributed by atoms with Gasteiger partial charge in [-0.05, 0) is 43.9 Å². The van der Waals surface area contributed by atoms with E-state index < -0.39 is 0 Å². The highest BCUT2D eigenvalue weighted by Crippen LogP contribution is 2.28. The van der Waals surface area contributed by atoms with Crippen molar-refractivity contribution in [1.29, 1.82) is 0 Å². The van der Waals surface area contributed by atoms with Gasteiger partial charge in [0.25, 0.3) is 0 Å². The first-order valence-corrected chi connectivity index (χ1v) is 8.78. The molecule has 1 N–H and O–H groups in total. The van der Waals surface area contributed by atoms with Crippen molar-refractivity contribution in [3.63, 3.8) is 0 Å². The second-order valence-corrected chi connectivity index (χ2v) is 6.68. The number of halogens is 1. The van der Waals surface area contributed by atoms with Gasteiger partial charge in [0.05, 0.1) is 18.7 Å². The predicted molar refractivity (Wildman–Crippen MR) is 91.6 cm³/mol. The van der Waals surface area contributed by atoms with E-state index in [1.807, 2.05) is 0 Å². The summed E-state index contributed by atoms with van der Waals surface area (Å²) in [5.74, 6) is 0.491. The lowest BCUT2D eigenvalue weighted by Gasteiger charge is -2.39. The zero-order chi connectivity index (χ0) is 16.4. The van der Waals surface area contributed by atoms with Crippen molar-refractivity contribution in [3.05, 3.63) is 30.3 Å². The Kier molecular flexibility index (Phi) is 4.58. The molecule has 0 unspecified atom stereocenters. The Balaban J connectivity index is 1.41. The zero-order valence-corrected chi connectivity index (χ0v) is 13.7. The van der Waals surface area contributed by atoms with Crippen molar-refractivity contribution in [2.24, 2.45) is 0 Å². The first-order valence-electron chi connectivity index (χ1n) is 8.78. The van der Waals surface area contributed by atoms with Crippen LogP contribution in [-0.2, 0) is 4.74 Å². The molecule has 2 fully saturated rings. The molecule has 0 bridgehead atoms. The maximum absolute atomic E-state index is 13.6. The molecule has 128 valence electrons. The van der Waals surface area contributed by atoms with E-state index in [1.54, 1.807) is 12.4 Å². The fourth-order valence-corrected chi connectivity index (χ4v) is 3.87. The summed E-state index contributed by atoms with van der Waals surface area (Å²) in [6, 6.07) is 5.71. The number of aromatic nitrogens is 2. The lowest BCUT2D eigenvalue weighted by molar-refractivity contribution is 0.00791. The average Bonchev–Trinajstić information content (AvgIpc) is 2.64. The topological polar surface area (TPSA) is 50.3 Å². The van der Waals surface area contributed by atoms with Crippen LogP contribution in [0.5, 0.6) is 0 Å². The van der Waals surface area contributed by atoms with Crippen LogP contribution in [0.3, 0.4) is 0 Å². The minimum absolute atomic E-state index is 0.253. The van der Waals surface area contributed by atoms with Crippen LogP contribution < -0.4 is 5.32 Å². The molecule has 2 aliphatic rings. The van der Waals surface area contributed by atoms with Crippen LogP contribution in [0.1, 0.15) is 25.7 Å². The van der Waals surface area contributed by atoms with Gasteiger partial charge in [0, 0.05) is 30.6 Å². The SMILES string of the molecule is Fc1ccc2ncnc(NC3CCC(N4CCOCC4)CC3)c2c1. The quantitative estimate of drug-likeness (QED) is 0.938. The van der Waals surface area contributed by atoms with Gasteiger partial charge in [0.1, 0.15) is 18.0 Å². The first kappa shape index (κ1) is 15.7. The van der Waals surface area contributed by atoms with E-state index in [2.05, 4.69) is 20.2 Å². The van der Waals surface area contributed by atoms with Crippen molar-refractivity contribution in [2.45, 2.75) is 37.8 Å². The summed E-state index contributed by atoms with van der Waals surface area (Å²) in [5, 5.41) is 4.27. The Labute approximate surface area is 141 Å². The first-order chi connectivity index (χ1) is 11.8. The summed E-state index contributed by atoms with van der Waals surface area (Å²) in [7, 11) is 0. The second kappa shape index (κ2) is 6.99. The van der Waals surface area contributed by atoms with Gasteiger partial charge in [-0.15, -0.1) is 0 Å². The number of morpholine rings is 1. The van der Waals surface area contributed by atoms with Crippen LogP contribution in [0.25, 0.3) is 10.9 Å². The number of anilines is 1. The lowest BCUT2D eigenvalue weighted by atomic mass is 9.90. The van der Waals surface area contributed by atoms with Crippen LogP contribution in [-0.4, -0.2) is 53.3 Å². The monoisotopic (exact) mass is 330 g/mol. The standard InChI is InChI=1S/C18H23FN4O/c19-13-1-6-17-16(11-13)18(21-12-20-17)22-14-2-4-15(5-3-14)23-7-9-24-10-8-23/h1,6,11-12,14-15H,2-5,7-10H2,(H,20,21,22). The third kappa shape index (κ3) is 3.35. The van der Waals surface area contributed by atoms with Gasteiger partial charge in [-0.3, -0.25) is 4.90 Å². The van der Waals surface area contributed by atoms with E-state index in [1.165, 1.54) is 25.0 Å². The van der Waals surface area contributed by atoms with Crippen LogP contribution in [0.2, 0.25) is 0 Å². The van der Waals surface area contributed by atoms with Crippen molar-refractivity contribution < 1.29 is 9.13 Å². The molecule has 0 amide bonds. The van der Waals surface area contributed by atoms with Crippen molar-refractivity contribution >= 4 is 16.7 Å². The maximum atomic E-state index is 13.6. The fraction of sp³-hybridized carbons (Fsp3) is 0.556. The normalized spacial score (nSPS) is 25.7. The van der Waals surface area contributed by atoms with Crippen LogP contribution in [0.4, 0.5) is 10.2 Å². The van der Waals surface area contributed by atoms with Gasteiger partial charge < -0.3 is 10.1 Å². The number of fused-ring (bicyclic) bond motifs is 1. The number of nitrogens with zero attached hydrogens (tertiary/aromatic N) is 3. The summed E-state index contributed by atoms with van der Waals surface area (Å²) in [6.45, 7) is 3.82. The van der Waals surface area contributed by atoms with Crippen molar-refractivity contribution in [1.82, 2.24) is 14.9 Å². The molecule has 5 nitrogen and oxygen atoms in total. The Morgan fingerprint density at radius 2 is 1.88 bits per heavy atom. The molecular formula is C18H23FN4O. The van der Waals surface area contributed by atoms with E-state index in [4.69, 9.17) is 4.74 Å². The fourth-order valence-electron chi connectivity index (χ4n) is 3.87. The highest BCUT2D eigenvalue weighted by molar-refractivity contribution is 5.88. The molecule has 2 aromatic rings. The summed E-state index contributed by atoms with van der Waals surface area (Å²) < 4.78 is 19.0. The lowest BCUT2D eigenvalue weighted by Crippen LogP contribution is -2.46. The van der Waals surface area contributed by atoms with E-state index in [0.717, 1.165) is 55.9 Å².